The molecule has 4 atom stereocenters. The molecule has 4 N–H and O–H groups in total. The van der Waals surface area contributed by atoms with Crippen LogP contribution in [0, 0.1) is 0 Å². The van der Waals surface area contributed by atoms with E-state index >= 15 is 0 Å². The standard InChI is InChI=1S/C13H23N5O6S/c19-12(10-3-1-2-6-14-10)15-16-13(20)11-5-4-9-7-17(11)8-18(9)24-25(21,22)23/h9-11,14H,1-8H2,(H,15,19)(H,16,20)(H,21,22,23)/t9?,10-,11?/m0/s1. The molecule has 0 aliphatic carbocycles. The Bertz CT molecular complexity index is 622. The maximum atomic E-state index is 12.4. The molecule has 0 spiro atoms. The molecule has 3 saturated heterocycles. The van der Waals surface area contributed by atoms with Crippen molar-refractivity contribution in [2.24, 2.45) is 0 Å². The van der Waals surface area contributed by atoms with Gasteiger partial charge in [0.25, 0.3) is 11.8 Å². The quantitative estimate of drug-likeness (QED) is 0.327. The predicted octanol–water partition coefficient (Wildman–Crippen LogP) is -1.88. The van der Waals surface area contributed by atoms with E-state index in [0.29, 0.717) is 19.4 Å². The van der Waals surface area contributed by atoms with Crippen molar-refractivity contribution in [2.75, 3.05) is 19.8 Å². The van der Waals surface area contributed by atoms with Crippen molar-refractivity contribution in [3.05, 3.63) is 0 Å². The number of nitrogens with zero attached hydrogens (tertiary/aromatic N) is 2. The molecule has 3 fully saturated rings. The summed E-state index contributed by atoms with van der Waals surface area (Å²) in [7, 11) is -4.58. The molecule has 3 unspecified atom stereocenters. The molecule has 142 valence electrons. The van der Waals surface area contributed by atoms with Crippen LogP contribution in [0.1, 0.15) is 32.1 Å². The summed E-state index contributed by atoms with van der Waals surface area (Å²) < 4.78 is 35.0. The minimum absolute atomic E-state index is 0.0840. The average Bonchev–Trinajstić information content (AvgIpc) is 2.87. The zero-order chi connectivity index (χ0) is 18.0. The second-order valence-corrected chi connectivity index (χ2v) is 7.56. The lowest BCUT2D eigenvalue weighted by Crippen LogP contribution is -2.57. The van der Waals surface area contributed by atoms with E-state index in [4.69, 9.17) is 4.55 Å². The summed E-state index contributed by atoms with van der Waals surface area (Å²) in [6, 6.07) is -0.993. The van der Waals surface area contributed by atoms with Crippen LogP contribution < -0.4 is 16.2 Å². The molecule has 2 bridgehead atoms. The number of carbonyl (C=O) groups is 2. The van der Waals surface area contributed by atoms with E-state index in [2.05, 4.69) is 20.5 Å². The number of hydrazine groups is 1. The van der Waals surface area contributed by atoms with Crippen LogP contribution in [0.3, 0.4) is 0 Å². The van der Waals surface area contributed by atoms with Gasteiger partial charge in [0.2, 0.25) is 0 Å². The van der Waals surface area contributed by atoms with Gasteiger partial charge in [-0.3, -0.25) is 29.9 Å². The van der Waals surface area contributed by atoms with Crippen LogP contribution in [0.2, 0.25) is 0 Å². The third kappa shape index (κ3) is 4.65. The molecular weight excluding hydrogens is 354 g/mol. The van der Waals surface area contributed by atoms with Gasteiger partial charge < -0.3 is 5.32 Å². The van der Waals surface area contributed by atoms with Crippen LogP contribution in [-0.4, -0.2) is 72.6 Å². The van der Waals surface area contributed by atoms with Crippen molar-refractivity contribution in [3.63, 3.8) is 0 Å². The Morgan fingerprint density at radius 2 is 1.88 bits per heavy atom. The van der Waals surface area contributed by atoms with Gasteiger partial charge in [0.15, 0.2) is 0 Å². The van der Waals surface area contributed by atoms with E-state index in [1.165, 1.54) is 0 Å². The van der Waals surface area contributed by atoms with Crippen LogP contribution in [-0.2, 0) is 24.3 Å². The topological polar surface area (TPSA) is 140 Å². The Morgan fingerprint density at radius 1 is 1.12 bits per heavy atom. The van der Waals surface area contributed by atoms with Gasteiger partial charge >= 0.3 is 10.4 Å². The number of carbonyl (C=O) groups excluding carboxylic acids is 2. The fourth-order valence-electron chi connectivity index (χ4n) is 3.58. The highest BCUT2D eigenvalue weighted by Crippen LogP contribution is 2.28. The first kappa shape index (κ1) is 18.5. The number of fused-ring (bicyclic) bond motifs is 2. The lowest BCUT2D eigenvalue weighted by molar-refractivity contribution is -0.133. The van der Waals surface area contributed by atoms with Crippen LogP contribution in [0.15, 0.2) is 0 Å². The fraction of sp³-hybridized carbons (Fsp3) is 0.846. The Morgan fingerprint density at radius 3 is 2.56 bits per heavy atom. The summed E-state index contributed by atoms with van der Waals surface area (Å²) in [5.41, 5.74) is 4.90. The van der Waals surface area contributed by atoms with Gasteiger partial charge in [-0.25, -0.2) is 0 Å². The second-order valence-electron chi connectivity index (χ2n) is 6.56. The molecule has 3 rings (SSSR count). The molecule has 3 heterocycles. The fourth-order valence-corrected chi connectivity index (χ4v) is 3.99. The predicted molar refractivity (Wildman–Crippen MR) is 84.8 cm³/mol. The third-order valence-electron chi connectivity index (χ3n) is 4.82. The molecule has 12 heteroatoms. The van der Waals surface area contributed by atoms with Gasteiger partial charge in [-0.15, -0.1) is 0 Å². The zero-order valence-corrected chi connectivity index (χ0v) is 14.5. The van der Waals surface area contributed by atoms with Crippen molar-refractivity contribution >= 4 is 22.2 Å². The van der Waals surface area contributed by atoms with Gasteiger partial charge in [-0.2, -0.15) is 17.8 Å². The summed E-state index contributed by atoms with van der Waals surface area (Å²) in [5.74, 6) is -0.615. The number of hydrogen-bond donors (Lipinski definition) is 4. The lowest BCUT2D eigenvalue weighted by Gasteiger charge is -2.30. The van der Waals surface area contributed by atoms with Crippen LogP contribution in [0.5, 0.6) is 0 Å². The first-order valence-electron chi connectivity index (χ1n) is 8.34. The SMILES string of the molecule is O=C(NNC(=O)[C@@H]1CCCCN1)C1CCC2CN1CN2OS(=O)(=O)O. The molecule has 3 aliphatic rings. The van der Waals surface area contributed by atoms with E-state index in [-0.39, 0.29) is 30.6 Å². The first-order chi connectivity index (χ1) is 11.8. The van der Waals surface area contributed by atoms with E-state index in [9.17, 15) is 18.0 Å². The second kappa shape index (κ2) is 7.51. The number of amides is 2. The normalized spacial score (nSPS) is 33.0. The number of piperidine rings is 2. The third-order valence-corrected chi connectivity index (χ3v) is 5.20. The Labute approximate surface area is 145 Å². The van der Waals surface area contributed by atoms with Crippen LogP contribution in [0.25, 0.3) is 0 Å². The Balaban J connectivity index is 1.49. The summed E-state index contributed by atoms with van der Waals surface area (Å²) in [6.07, 6.45) is 3.79. The molecule has 0 aromatic carbocycles. The van der Waals surface area contributed by atoms with Crippen LogP contribution in [0.4, 0.5) is 0 Å². The number of hydrogen-bond acceptors (Lipinski definition) is 8. The molecule has 0 aromatic heterocycles. The summed E-state index contributed by atoms with van der Waals surface area (Å²) in [4.78, 5) is 26.1. The van der Waals surface area contributed by atoms with E-state index < -0.39 is 16.4 Å². The van der Waals surface area contributed by atoms with Crippen molar-refractivity contribution in [3.8, 4) is 0 Å². The van der Waals surface area contributed by atoms with Crippen molar-refractivity contribution < 1.29 is 26.8 Å². The number of nitrogens with one attached hydrogen (secondary N) is 3. The van der Waals surface area contributed by atoms with E-state index in [1.807, 2.05) is 0 Å². The molecule has 0 saturated carbocycles. The van der Waals surface area contributed by atoms with Gasteiger partial charge in [-0.1, -0.05) is 6.42 Å². The first-order valence-corrected chi connectivity index (χ1v) is 9.71. The summed E-state index contributed by atoms with van der Waals surface area (Å²) in [5, 5.41) is 4.26. The largest absolute Gasteiger partial charge is 0.413 e. The number of hydroxylamine groups is 2. The maximum absolute atomic E-state index is 12.4. The van der Waals surface area contributed by atoms with Gasteiger partial charge in [-0.05, 0) is 32.2 Å². The molecule has 11 nitrogen and oxygen atoms in total. The minimum Gasteiger partial charge on any atom is -0.306 e. The minimum atomic E-state index is -4.58. The average molecular weight is 377 g/mol. The van der Waals surface area contributed by atoms with Gasteiger partial charge in [0, 0.05) is 6.54 Å². The summed E-state index contributed by atoms with van der Waals surface area (Å²) >= 11 is 0. The van der Waals surface area contributed by atoms with Gasteiger partial charge in [0.1, 0.15) is 0 Å². The highest BCUT2D eigenvalue weighted by molar-refractivity contribution is 7.80. The van der Waals surface area contributed by atoms with Crippen molar-refractivity contribution in [1.29, 1.82) is 0 Å². The molecule has 0 aromatic rings. The summed E-state index contributed by atoms with van der Waals surface area (Å²) in [6.45, 7) is 1.32. The zero-order valence-electron chi connectivity index (χ0n) is 13.7. The monoisotopic (exact) mass is 377 g/mol. The lowest BCUT2D eigenvalue weighted by atomic mass is 10.0. The molecular formula is C13H23N5O6S. The Hall–Kier alpha value is -1.31. The highest BCUT2D eigenvalue weighted by atomic mass is 32.3. The van der Waals surface area contributed by atoms with E-state index in [1.54, 1.807) is 4.90 Å². The highest BCUT2D eigenvalue weighted by Gasteiger charge is 2.44. The van der Waals surface area contributed by atoms with Gasteiger partial charge in [0.05, 0.1) is 24.8 Å². The molecule has 25 heavy (non-hydrogen) atoms. The molecule has 3 aliphatic heterocycles. The number of rotatable bonds is 4. The molecule has 0 radical (unpaired) electrons. The Kier molecular flexibility index (Phi) is 5.55. The van der Waals surface area contributed by atoms with Crippen molar-refractivity contribution in [1.82, 2.24) is 26.1 Å². The van der Waals surface area contributed by atoms with Crippen molar-refractivity contribution in [2.45, 2.75) is 50.2 Å². The smallest absolute Gasteiger partial charge is 0.306 e. The maximum Gasteiger partial charge on any atom is 0.413 e. The molecule has 2 amide bonds. The van der Waals surface area contributed by atoms with Crippen LogP contribution >= 0.6 is 0 Å². The van der Waals surface area contributed by atoms with E-state index in [0.717, 1.165) is 30.9 Å².